The van der Waals surface area contributed by atoms with Gasteiger partial charge in [0.1, 0.15) is 0 Å². The first-order chi connectivity index (χ1) is 4.33. The number of nitrogens with zero attached hydrogens (tertiary/aromatic N) is 2. The van der Waals surface area contributed by atoms with Crippen molar-refractivity contribution >= 4 is 5.71 Å². The SMILES string of the molecule is CC1=NCCC(C#N)C1. The highest BCUT2D eigenvalue weighted by Gasteiger charge is 2.11. The van der Waals surface area contributed by atoms with Gasteiger partial charge in [-0.3, -0.25) is 4.99 Å². The zero-order valence-electron chi connectivity index (χ0n) is 5.59. The van der Waals surface area contributed by atoms with Gasteiger partial charge in [0.2, 0.25) is 0 Å². The molecule has 0 spiro atoms. The first-order valence-electron chi connectivity index (χ1n) is 3.22. The molecule has 1 heterocycles. The van der Waals surface area contributed by atoms with E-state index >= 15 is 0 Å². The van der Waals surface area contributed by atoms with Crippen molar-refractivity contribution in [3.8, 4) is 6.07 Å². The van der Waals surface area contributed by atoms with Crippen molar-refractivity contribution in [2.24, 2.45) is 10.9 Å². The van der Waals surface area contributed by atoms with Crippen LogP contribution in [0.15, 0.2) is 4.99 Å². The molecule has 0 aliphatic carbocycles. The maximum Gasteiger partial charge on any atom is 0.0660 e. The predicted octanol–water partition coefficient (Wildman–Crippen LogP) is 1.38. The van der Waals surface area contributed by atoms with Crippen LogP contribution in [0.3, 0.4) is 0 Å². The minimum absolute atomic E-state index is 0.238. The van der Waals surface area contributed by atoms with Crippen molar-refractivity contribution in [3.63, 3.8) is 0 Å². The van der Waals surface area contributed by atoms with Gasteiger partial charge in [0, 0.05) is 18.7 Å². The van der Waals surface area contributed by atoms with E-state index in [1.807, 2.05) is 6.92 Å². The van der Waals surface area contributed by atoms with Crippen LogP contribution in [-0.4, -0.2) is 12.3 Å². The summed E-state index contributed by atoms with van der Waals surface area (Å²) in [6.45, 7) is 2.84. The Bertz CT molecular complexity index is 164. The first-order valence-corrected chi connectivity index (χ1v) is 3.22. The minimum Gasteiger partial charge on any atom is -0.294 e. The van der Waals surface area contributed by atoms with Crippen molar-refractivity contribution in [1.29, 1.82) is 5.26 Å². The van der Waals surface area contributed by atoms with Gasteiger partial charge in [-0.15, -0.1) is 0 Å². The lowest BCUT2D eigenvalue weighted by atomic mass is 9.98. The minimum atomic E-state index is 0.238. The van der Waals surface area contributed by atoms with Crippen molar-refractivity contribution < 1.29 is 0 Å². The molecule has 0 N–H and O–H groups in total. The Labute approximate surface area is 55.2 Å². The molecule has 0 saturated carbocycles. The Kier molecular flexibility index (Phi) is 1.84. The fourth-order valence-corrected chi connectivity index (χ4v) is 1.04. The maximum atomic E-state index is 8.50. The van der Waals surface area contributed by atoms with Gasteiger partial charge in [-0.2, -0.15) is 5.26 Å². The molecule has 0 radical (unpaired) electrons. The fourth-order valence-electron chi connectivity index (χ4n) is 1.04. The van der Waals surface area contributed by atoms with Crippen molar-refractivity contribution in [3.05, 3.63) is 0 Å². The van der Waals surface area contributed by atoms with E-state index in [1.165, 1.54) is 0 Å². The second-order valence-corrected chi connectivity index (χ2v) is 2.44. The standard InChI is InChI=1S/C7H10N2/c1-6-4-7(5-8)2-3-9-6/h7H,2-4H2,1H3. The van der Waals surface area contributed by atoms with Gasteiger partial charge in [-0.1, -0.05) is 0 Å². The highest BCUT2D eigenvalue weighted by molar-refractivity contribution is 5.82. The molecule has 1 unspecified atom stereocenters. The number of rotatable bonds is 0. The van der Waals surface area contributed by atoms with E-state index in [2.05, 4.69) is 11.1 Å². The molecule has 9 heavy (non-hydrogen) atoms. The third kappa shape index (κ3) is 1.53. The lowest BCUT2D eigenvalue weighted by Gasteiger charge is -2.12. The molecule has 48 valence electrons. The van der Waals surface area contributed by atoms with Crippen LogP contribution < -0.4 is 0 Å². The molecule has 2 heteroatoms. The van der Waals surface area contributed by atoms with Gasteiger partial charge in [0.15, 0.2) is 0 Å². The van der Waals surface area contributed by atoms with Gasteiger partial charge < -0.3 is 0 Å². The van der Waals surface area contributed by atoms with Gasteiger partial charge in [0.25, 0.3) is 0 Å². The fraction of sp³-hybridized carbons (Fsp3) is 0.714. The molecular weight excluding hydrogens is 112 g/mol. The summed E-state index contributed by atoms with van der Waals surface area (Å²) in [7, 11) is 0. The number of hydrogen-bond acceptors (Lipinski definition) is 2. The lowest BCUT2D eigenvalue weighted by molar-refractivity contribution is 0.608. The van der Waals surface area contributed by atoms with Crippen molar-refractivity contribution in [1.82, 2.24) is 0 Å². The Morgan fingerprint density at radius 3 is 3.00 bits per heavy atom. The molecule has 0 aromatic carbocycles. The third-order valence-corrected chi connectivity index (χ3v) is 1.58. The van der Waals surface area contributed by atoms with Crippen molar-refractivity contribution in [2.75, 3.05) is 6.54 Å². The summed E-state index contributed by atoms with van der Waals surface area (Å²) in [6, 6.07) is 2.25. The van der Waals surface area contributed by atoms with Crippen LogP contribution >= 0.6 is 0 Å². The average Bonchev–Trinajstić information content (AvgIpc) is 1.88. The lowest BCUT2D eigenvalue weighted by Crippen LogP contribution is -2.11. The molecule has 1 rings (SSSR count). The summed E-state index contributed by atoms with van der Waals surface area (Å²) < 4.78 is 0. The highest BCUT2D eigenvalue weighted by atomic mass is 14.7. The first kappa shape index (κ1) is 6.28. The number of hydrogen-bond donors (Lipinski definition) is 0. The summed E-state index contributed by atoms with van der Waals surface area (Å²) in [4.78, 5) is 4.19. The van der Waals surface area contributed by atoms with E-state index in [1.54, 1.807) is 0 Å². The molecule has 0 bridgehead atoms. The van der Waals surface area contributed by atoms with E-state index < -0.39 is 0 Å². The van der Waals surface area contributed by atoms with E-state index in [0.717, 1.165) is 25.1 Å². The molecule has 2 nitrogen and oxygen atoms in total. The molecule has 0 aromatic rings. The van der Waals surface area contributed by atoms with Gasteiger partial charge in [-0.05, 0) is 13.3 Å². The van der Waals surface area contributed by atoms with Crippen LogP contribution in [0, 0.1) is 17.2 Å². The topological polar surface area (TPSA) is 36.1 Å². The Morgan fingerprint density at radius 1 is 1.78 bits per heavy atom. The molecule has 0 fully saturated rings. The van der Waals surface area contributed by atoms with E-state index in [4.69, 9.17) is 5.26 Å². The molecule has 1 aliphatic heterocycles. The zero-order chi connectivity index (χ0) is 6.69. The molecule has 0 aromatic heterocycles. The van der Waals surface area contributed by atoms with Crippen LogP contribution in [0.5, 0.6) is 0 Å². The Balaban J connectivity index is 2.51. The zero-order valence-corrected chi connectivity index (χ0v) is 5.59. The Hall–Kier alpha value is -0.840. The summed E-state index contributed by atoms with van der Waals surface area (Å²) in [5, 5.41) is 8.50. The van der Waals surface area contributed by atoms with Crippen LogP contribution in [0.4, 0.5) is 0 Å². The van der Waals surface area contributed by atoms with Crippen LogP contribution in [0.2, 0.25) is 0 Å². The van der Waals surface area contributed by atoms with Crippen molar-refractivity contribution in [2.45, 2.75) is 19.8 Å². The smallest absolute Gasteiger partial charge is 0.0660 e. The molecule has 1 aliphatic rings. The third-order valence-electron chi connectivity index (χ3n) is 1.58. The van der Waals surface area contributed by atoms with Crippen LogP contribution in [0.1, 0.15) is 19.8 Å². The van der Waals surface area contributed by atoms with E-state index in [0.29, 0.717) is 0 Å². The molecular formula is C7H10N2. The number of nitriles is 1. The monoisotopic (exact) mass is 122 g/mol. The number of aliphatic imine (C=N–C) groups is 1. The summed E-state index contributed by atoms with van der Waals surface area (Å²) in [6.07, 6.45) is 1.84. The van der Waals surface area contributed by atoms with Gasteiger partial charge >= 0.3 is 0 Å². The van der Waals surface area contributed by atoms with Crippen LogP contribution in [-0.2, 0) is 0 Å². The highest BCUT2D eigenvalue weighted by Crippen LogP contribution is 2.13. The molecule has 0 amide bonds. The predicted molar refractivity (Wildman–Crippen MR) is 36.3 cm³/mol. The van der Waals surface area contributed by atoms with E-state index in [9.17, 15) is 0 Å². The quantitative estimate of drug-likeness (QED) is 0.478. The second-order valence-electron chi connectivity index (χ2n) is 2.44. The van der Waals surface area contributed by atoms with Gasteiger partial charge in [-0.25, -0.2) is 0 Å². The second kappa shape index (κ2) is 2.63. The molecule has 0 saturated heterocycles. The summed E-state index contributed by atoms with van der Waals surface area (Å²) >= 11 is 0. The average molecular weight is 122 g/mol. The molecule has 1 atom stereocenters. The Morgan fingerprint density at radius 2 is 2.56 bits per heavy atom. The normalized spacial score (nSPS) is 26.7. The summed E-state index contributed by atoms with van der Waals surface area (Å²) in [5.74, 6) is 0.238. The van der Waals surface area contributed by atoms with Crippen LogP contribution in [0.25, 0.3) is 0 Å². The van der Waals surface area contributed by atoms with E-state index in [-0.39, 0.29) is 5.92 Å². The van der Waals surface area contributed by atoms with Gasteiger partial charge in [0.05, 0.1) is 12.0 Å². The maximum absolute atomic E-state index is 8.50. The summed E-state index contributed by atoms with van der Waals surface area (Å²) in [5.41, 5.74) is 1.13. The largest absolute Gasteiger partial charge is 0.294 e.